The molecule has 0 radical (unpaired) electrons. The highest BCUT2D eigenvalue weighted by atomic mass is 19.4. The predicted octanol–water partition coefficient (Wildman–Crippen LogP) is 2.49. The van der Waals surface area contributed by atoms with Gasteiger partial charge in [-0.2, -0.15) is 5.10 Å². The zero-order valence-corrected chi connectivity index (χ0v) is 15.5. The largest absolute Gasteiger partial charge is 0.573 e. The normalized spacial score (nSPS) is 11.3. The molecule has 0 saturated carbocycles. The van der Waals surface area contributed by atoms with Crippen LogP contribution < -0.4 is 14.8 Å². The number of carbonyl (C=O) groups excluding carboxylic acids is 1. The number of ether oxygens (including phenoxy) is 2. The maximum Gasteiger partial charge on any atom is 0.573 e. The maximum absolute atomic E-state index is 12.4. The highest BCUT2D eigenvalue weighted by Gasteiger charge is 2.31. The van der Waals surface area contributed by atoms with Gasteiger partial charge in [-0.15, -0.1) is 13.2 Å². The Labute approximate surface area is 168 Å². The molecule has 2 heterocycles. The Bertz CT molecular complexity index is 1050. The van der Waals surface area contributed by atoms with E-state index in [-0.39, 0.29) is 25.5 Å². The molecule has 0 aliphatic carbocycles. The average Bonchev–Trinajstić information content (AvgIpc) is 3.09. The standard InChI is InChI=1S/C19H17F3N4O4/c1-2-16(28)24-11-14-17-15(29-10-9-27)7-8-23-18(17)26(25-14)12-3-5-13(6-4-12)30-19(20,21)22/h2-8,27H,1,9-11H2,(H,24,28). The fraction of sp³-hybridized carbons (Fsp3) is 0.211. The Kier molecular flexibility index (Phi) is 6.21. The van der Waals surface area contributed by atoms with Crippen LogP contribution in [0, 0.1) is 0 Å². The van der Waals surface area contributed by atoms with Gasteiger partial charge >= 0.3 is 6.36 Å². The number of pyridine rings is 1. The molecule has 158 valence electrons. The number of rotatable bonds is 8. The van der Waals surface area contributed by atoms with Crippen molar-refractivity contribution >= 4 is 16.9 Å². The minimum absolute atomic E-state index is 0.0325. The number of aromatic nitrogens is 3. The van der Waals surface area contributed by atoms with E-state index in [9.17, 15) is 18.0 Å². The molecular weight excluding hydrogens is 405 g/mol. The first kappa shape index (κ1) is 21.1. The number of benzene rings is 1. The van der Waals surface area contributed by atoms with Gasteiger partial charge in [-0.05, 0) is 36.4 Å². The van der Waals surface area contributed by atoms with E-state index in [0.29, 0.717) is 28.2 Å². The van der Waals surface area contributed by atoms with Crippen LogP contribution in [0.4, 0.5) is 13.2 Å². The van der Waals surface area contributed by atoms with Crippen LogP contribution in [0.2, 0.25) is 0 Å². The quantitative estimate of drug-likeness (QED) is 0.542. The van der Waals surface area contributed by atoms with Crippen LogP contribution in [0.1, 0.15) is 5.69 Å². The summed E-state index contributed by atoms with van der Waals surface area (Å²) in [6, 6.07) is 6.68. The smallest absolute Gasteiger partial charge is 0.490 e. The van der Waals surface area contributed by atoms with Crippen molar-refractivity contribution in [1.82, 2.24) is 20.1 Å². The first-order valence-corrected chi connectivity index (χ1v) is 8.69. The number of aliphatic hydroxyl groups excluding tert-OH is 1. The van der Waals surface area contributed by atoms with E-state index in [0.717, 1.165) is 18.2 Å². The van der Waals surface area contributed by atoms with Gasteiger partial charge in [0.05, 0.1) is 29.9 Å². The number of carbonyl (C=O) groups is 1. The second-order valence-electron chi connectivity index (χ2n) is 5.90. The first-order valence-electron chi connectivity index (χ1n) is 8.69. The third-order valence-electron chi connectivity index (χ3n) is 3.88. The second-order valence-corrected chi connectivity index (χ2v) is 5.90. The van der Waals surface area contributed by atoms with Crippen LogP contribution in [0.15, 0.2) is 49.2 Å². The molecular formula is C19H17F3N4O4. The third kappa shape index (κ3) is 4.87. The number of hydrogen-bond donors (Lipinski definition) is 2. The number of amides is 1. The molecule has 0 aliphatic heterocycles. The number of hydrogen-bond acceptors (Lipinski definition) is 6. The maximum atomic E-state index is 12.4. The molecule has 2 N–H and O–H groups in total. The van der Waals surface area contributed by atoms with Gasteiger partial charge < -0.3 is 19.9 Å². The fourth-order valence-electron chi connectivity index (χ4n) is 2.70. The Morgan fingerprint density at radius 3 is 2.63 bits per heavy atom. The van der Waals surface area contributed by atoms with Crippen molar-refractivity contribution in [3.05, 3.63) is 54.9 Å². The van der Waals surface area contributed by atoms with Crippen LogP contribution in [0.3, 0.4) is 0 Å². The molecule has 0 aliphatic rings. The van der Waals surface area contributed by atoms with E-state index in [1.165, 1.54) is 23.0 Å². The number of fused-ring (bicyclic) bond motifs is 1. The van der Waals surface area contributed by atoms with E-state index in [4.69, 9.17) is 9.84 Å². The molecule has 0 saturated heterocycles. The molecule has 8 nitrogen and oxygen atoms in total. The lowest BCUT2D eigenvalue weighted by molar-refractivity contribution is -0.274. The Morgan fingerprint density at radius 1 is 1.27 bits per heavy atom. The van der Waals surface area contributed by atoms with Crippen LogP contribution in [0.25, 0.3) is 16.7 Å². The molecule has 1 aromatic carbocycles. The summed E-state index contributed by atoms with van der Waals surface area (Å²) in [7, 11) is 0. The average molecular weight is 422 g/mol. The van der Waals surface area contributed by atoms with Crippen LogP contribution in [-0.2, 0) is 11.3 Å². The van der Waals surface area contributed by atoms with Crippen LogP contribution in [-0.4, -0.2) is 45.4 Å². The SMILES string of the molecule is C=CC(=O)NCc1nn(-c2ccc(OC(F)(F)F)cc2)c2nccc(OCCO)c12. The lowest BCUT2D eigenvalue weighted by Gasteiger charge is -2.09. The Morgan fingerprint density at radius 2 is 2.00 bits per heavy atom. The van der Waals surface area contributed by atoms with Gasteiger partial charge in [-0.1, -0.05) is 6.58 Å². The van der Waals surface area contributed by atoms with Gasteiger partial charge in [0.2, 0.25) is 5.91 Å². The zero-order valence-electron chi connectivity index (χ0n) is 15.5. The predicted molar refractivity (Wildman–Crippen MR) is 100 cm³/mol. The molecule has 30 heavy (non-hydrogen) atoms. The van der Waals surface area contributed by atoms with Crippen molar-refractivity contribution in [3.8, 4) is 17.2 Å². The van der Waals surface area contributed by atoms with E-state index in [2.05, 4.69) is 26.7 Å². The highest BCUT2D eigenvalue weighted by Crippen LogP contribution is 2.30. The zero-order chi connectivity index (χ0) is 21.7. The monoisotopic (exact) mass is 422 g/mol. The fourth-order valence-corrected chi connectivity index (χ4v) is 2.70. The molecule has 0 fully saturated rings. The minimum Gasteiger partial charge on any atom is -0.490 e. The summed E-state index contributed by atoms with van der Waals surface area (Å²) in [5.41, 5.74) is 1.19. The summed E-state index contributed by atoms with van der Waals surface area (Å²) < 4.78 is 48.0. The van der Waals surface area contributed by atoms with Crippen LogP contribution in [0.5, 0.6) is 11.5 Å². The van der Waals surface area contributed by atoms with Crippen molar-refractivity contribution in [2.75, 3.05) is 13.2 Å². The summed E-state index contributed by atoms with van der Waals surface area (Å²) in [6.07, 6.45) is -2.21. The van der Waals surface area contributed by atoms with Crippen molar-refractivity contribution in [2.24, 2.45) is 0 Å². The Balaban J connectivity index is 2.03. The number of halogens is 3. The van der Waals surface area contributed by atoms with Crippen molar-refractivity contribution in [2.45, 2.75) is 12.9 Å². The van der Waals surface area contributed by atoms with Crippen molar-refractivity contribution < 1.29 is 32.5 Å². The molecule has 0 unspecified atom stereocenters. The molecule has 3 aromatic rings. The van der Waals surface area contributed by atoms with Crippen LogP contribution >= 0.6 is 0 Å². The van der Waals surface area contributed by atoms with Gasteiger partial charge in [0.25, 0.3) is 0 Å². The molecule has 0 bridgehead atoms. The lowest BCUT2D eigenvalue weighted by atomic mass is 10.2. The summed E-state index contributed by atoms with van der Waals surface area (Å²) in [5, 5.41) is 16.6. The van der Waals surface area contributed by atoms with Gasteiger partial charge in [-0.25, -0.2) is 9.67 Å². The summed E-state index contributed by atoms with van der Waals surface area (Å²) >= 11 is 0. The first-order chi connectivity index (χ1) is 14.3. The Hall–Kier alpha value is -3.60. The molecule has 3 rings (SSSR count). The van der Waals surface area contributed by atoms with Gasteiger partial charge in [-0.3, -0.25) is 4.79 Å². The lowest BCUT2D eigenvalue weighted by Crippen LogP contribution is -2.20. The molecule has 0 atom stereocenters. The van der Waals surface area contributed by atoms with E-state index >= 15 is 0 Å². The second kappa shape index (κ2) is 8.82. The molecule has 1 amide bonds. The number of nitrogens with one attached hydrogen (secondary N) is 1. The van der Waals surface area contributed by atoms with Crippen molar-refractivity contribution in [1.29, 1.82) is 0 Å². The summed E-state index contributed by atoms with van der Waals surface area (Å²) in [4.78, 5) is 15.8. The number of alkyl halides is 3. The van der Waals surface area contributed by atoms with E-state index in [1.807, 2.05) is 0 Å². The molecule has 11 heteroatoms. The van der Waals surface area contributed by atoms with Gasteiger partial charge in [0.1, 0.15) is 18.1 Å². The summed E-state index contributed by atoms with van der Waals surface area (Å²) in [5.74, 6) is -0.394. The topological polar surface area (TPSA) is 98.5 Å². The third-order valence-corrected chi connectivity index (χ3v) is 3.88. The highest BCUT2D eigenvalue weighted by molar-refractivity contribution is 5.89. The van der Waals surface area contributed by atoms with Gasteiger partial charge in [0, 0.05) is 6.20 Å². The van der Waals surface area contributed by atoms with Gasteiger partial charge in [0.15, 0.2) is 5.65 Å². The number of aliphatic hydroxyl groups is 1. The molecule has 0 spiro atoms. The summed E-state index contributed by atoms with van der Waals surface area (Å²) in [6.45, 7) is 3.24. The minimum atomic E-state index is -4.79. The van der Waals surface area contributed by atoms with E-state index < -0.39 is 12.3 Å². The van der Waals surface area contributed by atoms with Crippen molar-refractivity contribution in [3.63, 3.8) is 0 Å². The molecule has 2 aromatic heterocycles. The number of nitrogens with zero attached hydrogens (tertiary/aromatic N) is 3. The van der Waals surface area contributed by atoms with E-state index in [1.54, 1.807) is 6.07 Å².